The van der Waals surface area contributed by atoms with Crippen LogP contribution in [0.2, 0.25) is 0 Å². The number of hydrogen-bond acceptors (Lipinski definition) is 3. The highest BCUT2D eigenvalue weighted by molar-refractivity contribution is 9.11. The number of aromatic hydroxyl groups is 1. The molecule has 0 aliphatic rings. The van der Waals surface area contributed by atoms with Crippen molar-refractivity contribution in [2.45, 2.75) is 25.6 Å². The predicted molar refractivity (Wildman–Crippen MR) is 97.1 cm³/mol. The molecule has 9 heteroatoms. The maximum atomic E-state index is 12.9. The average Bonchev–Trinajstić information content (AvgIpc) is 2.95. The van der Waals surface area contributed by atoms with Gasteiger partial charge < -0.3 is 14.6 Å². The van der Waals surface area contributed by atoms with Crippen molar-refractivity contribution in [2.75, 3.05) is 0 Å². The first-order valence-electron chi connectivity index (χ1n) is 7.57. The molecule has 0 aliphatic heterocycles. The van der Waals surface area contributed by atoms with E-state index >= 15 is 0 Å². The summed E-state index contributed by atoms with van der Waals surface area (Å²) in [6.45, 7) is 1.81. The fraction of sp³-hybridized carbons (Fsp3) is 0.235. The fourth-order valence-electron chi connectivity index (χ4n) is 2.74. The lowest BCUT2D eigenvalue weighted by atomic mass is 10.0. The number of alkyl halides is 3. The summed E-state index contributed by atoms with van der Waals surface area (Å²) in [6.07, 6.45) is -3.90. The number of aliphatic hydroxyl groups excluding tert-OH is 1. The van der Waals surface area contributed by atoms with Crippen LogP contribution in [0.1, 0.15) is 35.5 Å². The maximum absolute atomic E-state index is 12.9. The average molecular weight is 494 g/mol. The van der Waals surface area contributed by atoms with Crippen LogP contribution in [0.3, 0.4) is 0 Å². The third kappa shape index (κ3) is 3.35. The Bertz CT molecular complexity index is 963. The molecule has 0 amide bonds. The topological polar surface area (TPSA) is 57.8 Å². The van der Waals surface area contributed by atoms with E-state index in [1.165, 1.54) is 10.6 Å². The molecule has 0 saturated heterocycles. The number of pyridine rings is 1. The summed E-state index contributed by atoms with van der Waals surface area (Å²) in [5.74, 6) is -0.00961. The van der Waals surface area contributed by atoms with E-state index in [1.54, 1.807) is 12.1 Å². The first-order chi connectivity index (χ1) is 12.1. The van der Waals surface area contributed by atoms with Gasteiger partial charge in [0.15, 0.2) is 0 Å². The largest absolute Gasteiger partial charge is 0.506 e. The van der Waals surface area contributed by atoms with Crippen LogP contribution in [0.4, 0.5) is 13.2 Å². The lowest BCUT2D eigenvalue weighted by Gasteiger charge is -2.15. The summed E-state index contributed by atoms with van der Waals surface area (Å²) >= 11 is 6.41. The minimum absolute atomic E-state index is 0.00961. The summed E-state index contributed by atoms with van der Waals surface area (Å²) in [7, 11) is 0. The number of nitrogens with zero attached hydrogens (tertiary/aromatic N) is 2. The van der Waals surface area contributed by atoms with Gasteiger partial charge in [-0.15, -0.1) is 0 Å². The first kappa shape index (κ1) is 19.2. The number of halogens is 5. The Labute approximate surface area is 163 Å². The van der Waals surface area contributed by atoms with Crippen LogP contribution in [0.25, 0.3) is 5.65 Å². The number of phenols is 1. The molecule has 3 rings (SSSR count). The SMILES string of the molecule is CCc1nc2cc(C(F)(F)F)ccn2c1C(O)c1cc(Br)c(O)c(Br)c1. The van der Waals surface area contributed by atoms with E-state index in [0.717, 1.165) is 12.1 Å². The second kappa shape index (κ2) is 6.86. The molecule has 0 aliphatic carbocycles. The Morgan fingerprint density at radius 3 is 2.35 bits per heavy atom. The van der Waals surface area contributed by atoms with E-state index < -0.39 is 17.8 Å². The number of imidazole rings is 1. The number of aryl methyl sites for hydroxylation is 1. The van der Waals surface area contributed by atoms with Gasteiger partial charge in [0.1, 0.15) is 17.5 Å². The molecule has 1 unspecified atom stereocenters. The van der Waals surface area contributed by atoms with Crippen LogP contribution in [0, 0.1) is 0 Å². The summed E-state index contributed by atoms with van der Waals surface area (Å²) in [4.78, 5) is 4.24. The van der Waals surface area contributed by atoms with Crippen molar-refractivity contribution in [1.82, 2.24) is 9.38 Å². The molecular weight excluding hydrogens is 481 g/mol. The van der Waals surface area contributed by atoms with Gasteiger partial charge in [-0.2, -0.15) is 13.2 Å². The predicted octanol–water partition coefficient (Wildman–Crippen LogP) is 5.23. The highest BCUT2D eigenvalue weighted by Crippen LogP contribution is 2.38. The van der Waals surface area contributed by atoms with Gasteiger partial charge in [0, 0.05) is 6.20 Å². The first-order valence-corrected chi connectivity index (χ1v) is 9.16. The second-order valence-corrected chi connectivity index (χ2v) is 7.38. The fourth-order valence-corrected chi connectivity index (χ4v) is 3.96. The van der Waals surface area contributed by atoms with E-state index in [1.807, 2.05) is 6.92 Å². The Balaban J connectivity index is 2.17. The second-order valence-electron chi connectivity index (χ2n) is 5.67. The number of hydrogen-bond donors (Lipinski definition) is 2. The molecule has 138 valence electrons. The molecule has 0 fully saturated rings. The van der Waals surface area contributed by atoms with Crippen molar-refractivity contribution < 1.29 is 23.4 Å². The lowest BCUT2D eigenvalue weighted by molar-refractivity contribution is -0.137. The van der Waals surface area contributed by atoms with Crippen LogP contribution in [0.15, 0.2) is 39.4 Å². The van der Waals surface area contributed by atoms with Crippen LogP contribution in [-0.2, 0) is 12.6 Å². The van der Waals surface area contributed by atoms with Crippen LogP contribution < -0.4 is 0 Å². The van der Waals surface area contributed by atoms with Gasteiger partial charge >= 0.3 is 6.18 Å². The van der Waals surface area contributed by atoms with Gasteiger partial charge in [-0.3, -0.25) is 0 Å². The molecule has 0 bridgehead atoms. The smallest absolute Gasteiger partial charge is 0.416 e. The van der Waals surface area contributed by atoms with E-state index in [9.17, 15) is 23.4 Å². The van der Waals surface area contributed by atoms with Crippen LogP contribution in [-0.4, -0.2) is 19.6 Å². The van der Waals surface area contributed by atoms with E-state index in [0.29, 0.717) is 32.3 Å². The van der Waals surface area contributed by atoms with Gasteiger partial charge in [-0.05, 0) is 68.1 Å². The Kier molecular flexibility index (Phi) is 5.06. The quantitative estimate of drug-likeness (QED) is 0.525. The molecule has 1 aromatic carbocycles. The summed E-state index contributed by atoms with van der Waals surface area (Å²) < 4.78 is 41.0. The monoisotopic (exact) mass is 492 g/mol. The standard InChI is InChI=1S/C17H13Br2F3N2O2/c1-2-12-14(15(25)8-5-10(18)16(26)11(19)6-8)24-4-3-9(17(20,21)22)7-13(24)23-12/h3-7,15,25-26H,2H2,1H3. The molecule has 4 nitrogen and oxygen atoms in total. The van der Waals surface area contributed by atoms with Crippen LogP contribution in [0.5, 0.6) is 5.75 Å². The molecule has 1 atom stereocenters. The van der Waals surface area contributed by atoms with Gasteiger partial charge in [-0.25, -0.2) is 4.98 Å². The zero-order chi connectivity index (χ0) is 19.2. The number of fused-ring (bicyclic) bond motifs is 1. The van der Waals surface area contributed by atoms with Gasteiger partial charge in [0.05, 0.1) is 25.9 Å². The third-order valence-corrected chi connectivity index (χ3v) is 5.22. The number of phenolic OH excluding ortho intramolecular Hbond substituents is 1. The van der Waals surface area contributed by atoms with E-state index in [-0.39, 0.29) is 11.4 Å². The zero-order valence-corrected chi connectivity index (χ0v) is 16.5. The Morgan fingerprint density at radius 2 is 1.81 bits per heavy atom. The van der Waals surface area contributed by atoms with Crippen molar-refractivity contribution in [3.8, 4) is 5.75 Å². The molecule has 3 aromatic rings. The number of aliphatic hydroxyl groups is 1. The van der Waals surface area contributed by atoms with Crippen LogP contribution >= 0.6 is 31.9 Å². The summed E-state index contributed by atoms with van der Waals surface area (Å²) in [6, 6.07) is 5.01. The molecule has 26 heavy (non-hydrogen) atoms. The molecule has 2 aromatic heterocycles. The number of aromatic nitrogens is 2. The Morgan fingerprint density at radius 1 is 1.19 bits per heavy atom. The maximum Gasteiger partial charge on any atom is 0.416 e. The van der Waals surface area contributed by atoms with Gasteiger partial charge in [0.25, 0.3) is 0 Å². The van der Waals surface area contributed by atoms with Gasteiger partial charge in [0.2, 0.25) is 0 Å². The Hall–Kier alpha value is -1.58. The highest BCUT2D eigenvalue weighted by atomic mass is 79.9. The minimum atomic E-state index is -4.47. The van der Waals surface area contributed by atoms with Crippen molar-refractivity contribution in [2.24, 2.45) is 0 Å². The lowest BCUT2D eigenvalue weighted by Crippen LogP contribution is -2.08. The highest BCUT2D eigenvalue weighted by Gasteiger charge is 2.31. The molecule has 2 heterocycles. The summed E-state index contributed by atoms with van der Waals surface area (Å²) in [5, 5.41) is 20.7. The van der Waals surface area contributed by atoms with Gasteiger partial charge in [-0.1, -0.05) is 6.92 Å². The third-order valence-electron chi connectivity index (χ3n) is 4.02. The van der Waals surface area contributed by atoms with E-state index in [4.69, 9.17) is 0 Å². The van der Waals surface area contributed by atoms with Crippen molar-refractivity contribution in [1.29, 1.82) is 0 Å². The molecular formula is C17H13Br2F3N2O2. The number of benzene rings is 1. The summed E-state index contributed by atoms with van der Waals surface area (Å²) in [5.41, 5.74) is 0.659. The van der Waals surface area contributed by atoms with E-state index in [2.05, 4.69) is 36.8 Å². The molecule has 0 radical (unpaired) electrons. The van der Waals surface area contributed by atoms with Crippen molar-refractivity contribution in [3.63, 3.8) is 0 Å². The van der Waals surface area contributed by atoms with Crippen molar-refractivity contribution in [3.05, 3.63) is 61.9 Å². The normalized spacial score (nSPS) is 13.3. The number of rotatable bonds is 3. The minimum Gasteiger partial charge on any atom is -0.506 e. The molecule has 0 saturated carbocycles. The molecule has 2 N–H and O–H groups in total. The van der Waals surface area contributed by atoms with Crippen molar-refractivity contribution >= 4 is 37.5 Å². The zero-order valence-electron chi connectivity index (χ0n) is 13.3. The molecule has 0 spiro atoms.